The zero-order valence-electron chi connectivity index (χ0n) is 15.6. The van der Waals surface area contributed by atoms with Gasteiger partial charge < -0.3 is 19.9 Å². The quantitative estimate of drug-likeness (QED) is 0.607. The highest BCUT2D eigenvalue weighted by Gasteiger charge is 2.31. The number of nitrogens with one attached hydrogen (secondary N) is 1. The summed E-state index contributed by atoms with van der Waals surface area (Å²) >= 11 is 0. The van der Waals surface area contributed by atoms with Gasteiger partial charge in [0.25, 0.3) is 5.91 Å². The van der Waals surface area contributed by atoms with Crippen LogP contribution in [0.25, 0.3) is 0 Å². The molecule has 1 amide bonds. The fourth-order valence-corrected chi connectivity index (χ4v) is 2.52. The number of hydrogen-bond donors (Lipinski definition) is 2. The number of aliphatic hydroxyl groups excluding tert-OH is 1. The zero-order chi connectivity index (χ0) is 21.7. The Bertz CT molecular complexity index is 988. The molecule has 0 aliphatic heterocycles. The van der Waals surface area contributed by atoms with Crippen LogP contribution >= 0.6 is 0 Å². The van der Waals surface area contributed by atoms with Gasteiger partial charge in [0.15, 0.2) is 0 Å². The third kappa shape index (κ3) is 5.70. The molecule has 1 aromatic heterocycles. The van der Waals surface area contributed by atoms with Crippen molar-refractivity contribution in [3.8, 4) is 11.5 Å². The second-order valence-corrected chi connectivity index (χ2v) is 6.11. The summed E-state index contributed by atoms with van der Waals surface area (Å²) in [5, 5.41) is 16.8. The van der Waals surface area contributed by atoms with Crippen molar-refractivity contribution in [3.63, 3.8) is 0 Å². The molecule has 0 saturated carbocycles. The van der Waals surface area contributed by atoms with E-state index in [1.165, 1.54) is 30.3 Å². The van der Waals surface area contributed by atoms with Gasteiger partial charge in [0.2, 0.25) is 5.82 Å². The van der Waals surface area contributed by atoms with E-state index in [9.17, 15) is 23.1 Å². The van der Waals surface area contributed by atoms with Gasteiger partial charge in [-0.1, -0.05) is 12.1 Å². The molecule has 3 aromatic rings. The first kappa shape index (κ1) is 21.1. The van der Waals surface area contributed by atoms with Crippen LogP contribution in [0.3, 0.4) is 0 Å². The number of hydrogen-bond acceptors (Lipinski definition) is 6. The number of halogens is 3. The topological polar surface area (TPSA) is 98.5 Å². The average Bonchev–Trinajstić information content (AvgIpc) is 3.17. The summed E-state index contributed by atoms with van der Waals surface area (Å²) < 4.78 is 46.7. The largest absolute Gasteiger partial charge is 0.573 e. The van der Waals surface area contributed by atoms with E-state index >= 15 is 0 Å². The van der Waals surface area contributed by atoms with Crippen molar-refractivity contribution < 1.29 is 32.5 Å². The van der Waals surface area contributed by atoms with Crippen LogP contribution in [0.5, 0.6) is 11.5 Å². The van der Waals surface area contributed by atoms with Crippen LogP contribution in [0, 0.1) is 0 Å². The fourth-order valence-electron chi connectivity index (χ4n) is 2.52. The summed E-state index contributed by atoms with van der Waals surface area (Å²) in [4.78, 5) is 16.1. The van der Waals surface area contributed by atoms with Gasteiger partial charge >= 0.3 is 6.36 Å². The molecule has 0 fully saturated rings. The van der Waals surface area contributed by atoms with Crippen LogP contribution in [-0.4, -0.2) is 39.3 Å². The molecule has 1 atom stereocenters. The molecule has 3 rings (SSSR count). The summed E-state index contributed by atoms with van der Waals surface area (Å²) in [6.45, 7) is 0.0656. The van der Waals surface area contributed by atoms with Gasteiger partial charge in [-0.05, 0) is 42.0 Å². The molecule has 0 bridgehead atoms. The minimum atomic E-state index is -4.79. The van der Waals surface area contributed by atoms with Crippen molar-refractivity contribution in [2.24, 2.45) is 0 Å². The van der Waals surface area contributed by atoms with Crippen molar-refractivity contribution in [3.05, 3.63) is 66.2 Å². The first-order valence-corrected chi connectivity index (χ1v) is 8.62. The standard InChI is InChI=1S/C19H17F3N4O4/c1-29-14-6-2-12(3-7-14)16(27)10-26-11-23-17(25-26)18(28)24-13-4-8-15(9-5-13)30-19(20,21)22/h2-9,11,16,27H,10H2,1H3,(H,24,28)/t16-/m0/s1. The number of benzene rings is 2. The summed E-state index contributed by atoms with van der Waals surface area (Å²) in [5.74, 6) is -0.566. The number of amides is 1. The molecule has 2 aromatic carbocycles. The predicted octanol–water partition coefficient (Wildman–Crippen LogP) is 3.17. The monoisotopic (exact) mass is 422 g/mol. The predicted molar refractivity (Wildman–Crippen MR) is 99.1 cm³/mol. The highest BCUT2D eigenvalue weighted by Crippen LogP contribution is 2.24. The van der Waals surface area contributed by atoms with Gasteiger partial charge in [-0.3, -0.25) is 4.79 Å². The Morgan fingerprint density at radius 3 is 2.37 bits per heavy atom. The summed E-state index contributed by atoms with van der Waals surface area (Å²) in [7, 11) is 1.54. The Morgan fingerprint density at radius 1 is 1.13 bits per heavy atom. The van der Waals surface area contributed by atoms with Crippen molar-refractivity contribution in [2.75, 3.05) is 12.4 Å². The number of carbonyl (C=O) groups is 1. The highest BCUT2D eigenvalue weighted by atomic mass is 19.4. The number of methoxy groups -OCH3 is 1. The lowest BCUT2D eigenvalue weighted by atomic mass is 10.1. The van der Waals surface area contributed by atoms with E-state index in [2.05, 4.69) is 20.1 Å². The number of aromatic nitrogens is 3. The number of carbonyl (C=O) groups excluding carboxylic acids is 1. The van der Waals surface area contributed by atoms with E-state index in [-0.39, 0.29) is 18.1 Å². The van der Waals surface area contributed by atoms with Gasteiger partial charge in [0, 0.05) is 5.69 Å². The maximum absolute atomic E-state index is 12.2. The molecule has 0 aliphatic rings. The molecular formula is C19H17F3N4O4. The highest BCUT2D eigenvalue weighted by molar-refractivity contribution is 6.01. The minimum Gasteiger partial charge on any atom is -0.497 e. The number of rotatable bonds is 7. The molecule has 0 unspecified atom stereocenters. The van der Waals surface area contributed by atoms with E-state index in [1.807, 2.05) is 0 Å². The minimum absolute atomic E-state index is 0.0656. The SMILES string of the molecule is COc1ccc([C@@H](O)Cn2cnc(C(=O)Nc3ccc(OC(F)(F)F)cc3)n2)cc1. The van der Waals surface area contributed by atoms with Crippen molar-refractivity contribution in [2.45, 2.75) is 19.0 Å². The van der Waals surface area contributed by atoms with Crippen LogP contribution < -0.4 is 14.8 Å². The van der Waals surface area contributed by atoms with Gasteiger partial charge in [-0.15, -0.1) is 18.3 Å². The van der Waals surface area contributed by atoms with Gasteiger partial charge in [0.05, 0.1) is 19.8 Å². The number of alkyl halides is 3. The number of ether oxygens (including phenoxy) is 2. The first-order valence-electron chi connectivity index (χ1n) is 8.62. The summed E-state index contributed by atoms with van der Waals surface area (Å²) in [6, 6.07) is 11.5. The maximum Gasteiger partial charge on any atom is 0.573 e. The molecule has 0 aliphatic carbocycles. The van der Waals surface area contributed by atoms with Crippen LogP contribution in [0.4, 0.5) is 18.9 Å². The molecule has 8 nitrogen and oxygen atoms in total. The lowest BCUT2D eigenvalue weighted by Gasteiger charge is -2.11. The third-order valence-corrected chi connectivity index (χ3v) is 3.95. The van der Waals surface area contributed by atoms with Crippen molar-refractivity contribution in [1.82, 2.24) is 14.8 Å². The molecule has 158 valence electrons. The fraction of sp³-hybridized carbons (Fsp3) is 0.211. The Kier molecular flexibility index (Phi) is 6.21. The smallest absolute Gasteiger partial charge is 0.497 e. The van der Waals surface area contributed by atoms with E-state index in [0.29, 0.717) is 11.3 Å². The molecule has 0 saturated heterocycles. The molecular weight excluding hydrogens is 405 g/mol. The van der Waals surface area contributed by atoms with Gasteiger partial charge in [-0.25, -0.2) is 9.67 Å². The second-order valence-electron chi connectivity index (χ2n) is 6.11. The van der Waals surface area contributed by atoms with Crippen LogP contribution in [0.2, 0.25) is 0 Å². The Morgan fingerprint density at radius 2 is 1.77 bits per heavy atom. The second kappa shape index (κ2) is 8.82. The van der Waals surface area contributed by atoms with Crippen molar-refractivity contribution in [1.29, 1.82) is 0 Å². The molecule has 0 radical (unpaired) electrons. The van der Waals surface area contributed by atoms with Crippen LogP contribution in [0.1, 0.15) is 22.3 Å². The molecule has 0 spiro atoms. The Balaban J connectivity index is 1.59. The van der Waals surface area contributed by atoms with E-state index in [1.54, 1.807) is 24.3 Å². The van der Waals surface area contributed by atoms with E-state index in [0.717, 1.165) is 12.1 Å². The van der Waals surface area contributed by atoms with Gasteiger partial charge in [0.1, 0.15) is 17.8 Å². The van der Waals surface area contributed by atoms with E-state index < -0.39 is 24.1 Å². The van der Waals surface area contributed by atoms with E-state index in [4.69, 9.17) is 4.74 Å². The maximum atomic E-state index is 12.2. The molecule has 1 heterocycles. The Labute approximate surface area is 168 Å². The normalized spacial score (nSPS) is 12.3. The molecule has 30 heavy (non-hydrogen) atoms. The lowest BCUT2D eigenvalue weighted by Crippen LogP contribution is -2.17. The number of aliphatic hydroxyl groups is 1. The van der Waals surface area contributed by atoms with Crippen LogP contribution in [-0.2, 0) is 6.54 Å². The number of anilines is 1. The van der Waals surface area contributed by atoms with Gasteiger partial charge in [-0.2, -0.15) is 0 Å². The van der Waals surface area contributed by atoms with Crippen molar-refractivity contribution >= 4 is 11.6 Å². The molecule has 11 heteroatoms. The lowest BCUT2D eigenvalue weighted by molar-refractivity contribution is -0.274. The average molecular weight is 422 g/mol. The Hall–Kier alpha value is -3.60. The zero-order valence-corrected chi connectivity index (χ0v) is 15.6. The number of nitrogens with zero attached hydrogens (tertiary/aromatic N) is 3. The molecule has 2 N–H and O–H groups in total. The van der Waals surface area contributed by atoms with Crippen LogP contribution in [0.15, 0.2) is 54.9 Å². The summed E-state index contributed by atoms with van der Waals surface area (Å²) in [6.07, 6.45) is -4.38. The third-order valence-electron chi connectivity index (χ3n) is 3.95. The summed E-state index contributed by atoms with van der Waals surface area (Å²) in [5.41, 5.74) is 0.877. The first-order chi connectivity index (χ1) is 14.2.